The van der Waals surface area contributed by atoms with Gasteiger partial charge in [-0.2, -0.15) is 0 Å². The molecule has 4 nitrogen and oxygen atoms in total. The first-order valence-corrected chi connectivity index (χ1v) is 9.02. The largest absolute Gasteiger partial charge is 0.341 e. The summed E-state index contributed by atoms with van der Waals surface area (Å²) >= 11 is 1.61. The Hall–Kier alpha value is -2.27. The number of aromatic amines is 1. The lowest BCUT2D eigenvalue weighted by Gasteiger charge is -2.18. The number of para-hydroxylation sites is 2. The summed E-state index contributed by atoms with van der Waals surface area (Å²) in [4.78, 5) is 22.0. The highest BCUT2D eigenvalue weighted by Gasteiger charge is 2.15. The lowest BCUT2D eigenvalue weighted by atomic mass is 10.2. The van der Waals surface area contributed by atoms with E-state index in [4.69, 9.17) is 0 Å². The van der Waals surface area contributed by atoms with Gasteiger partial charge in [0.25, 0.3) is 0 Å². The number of imidazole rings is 1. The predicted octanol–water partition coefficient (Wildman–Crippen LogP) is 4.02. The van der Waals surface area contributed by atoms with Gasteiger partial charge in [0.05, 0.1) is 22.0 Å². The molecule has 0 bridgehead atoms. The molecule has 1 atom stereocenters. The second-order valence-electron chi connectivity index (χ2n) is 5.83. The molecule has 0 saturated heterocycles. The SMILES string of the molecule is CC(SCC(=O)N(C)Cc1ccccc1)c1nc2ccccc2[nH]1. The van der Waals surface area contributed by atoms with Crippen LogP contribution in [0, 0.1) is 0 Å². The molecule has 0 aliphatic carbocycles. The van der Waals surface area contributed by atoms with Gasteiger partial charge in [-0.15, -0.1) is 11.8 Å². The topological polar surface area (TPSA) is 49.0 Å². The van der Waals surface area contributed by atoms with Crippen molar-refractivity contribution in [3.05, 3.63) is 66.0 Å². The number of amides is 1. The smallest absolute Gasteiger partial charge is 0.232 e. The van der Waals surface area contributed by atoms with Gasteiger partial charge in [0.15, 0.2) is 0 Å². The monoisotopic (exact) mass is 339 g/mol. The average Bonchev–Trinajstić information content (AvgIpc) is 3.04. The van der Waals surface area contributed by atoms with E-state index in [0.29, 0.717) is 12.3 Å². The number of fused-ring (bicyclic) bond motifs is 1. The van der Waals surface area contributed by atoms with E-state index < -0.39 is 0 Å². The number of thioether (sulfide) groups is 1. The first-order valence-electron chi connectivity index (χ1n) is 7.97. The molecule has 24 heavy (non-hydrogen) atoms. The molecule has 2 aromatic carbocycles. The minimum Gasteiger partial charge on any atom is -0.341 e. The molecular formula is C19H21N3OS. The number of nitrogens with zero attached hydrogens (tertiary/aromatic N) is 2. The molecule has 0 aliphatic rings. The molecule has 3 aromatic rings. The summed E-state index contributed by atoms with van der Waals surface area (Å²) in [5, 5.41) is 0.145. The minimum atomic E-state index is 0.131. The highest BCUT2D eigenvalue weighted by atomic mass is 32.2. The van der Waals surface area contributed by atoms with Gasteiger partial charge in [-0.3, -0.25) is 4.79 Å². The van der Waals surface area contributed by atoms with Gasteiger partial charge in [0.2, 0.25) is 5.91 Å². The standard InChI is InChI=1S/C19H21N3OS/c1-14(19-20-16-10-6-7-11-17(16)21-19)24-13-18(23)22(2)12-15-8-4-3-5-9-15/h3-11,14H,12-13H2,1-2H3,(H,20,21). The van der Waals surface area contributed by atoms with Crippen LogP contribution >= 0.6 is 11.8 Å². The van der Waals surface area contributed by atoms with E-state index in [2.05, 4.69) is 16.9 Å². The number of carbonyl (C=O) groups is 1. The van der Waals surface area contributed by atoms with Crippen molar-refractivity contribution >= 4 is 28.7 Å². The van der Waals surface area contributed by atoms with Gasteiger partial charge in [-0.05, 0) is 24.6 Å². The Morgan fingerprint density at radius 2 is 1.88 bits per heavy atom. The van der Waals surface area contributed by atoms with Crippen LogP contribution in [-0.4, -0.2) is 33.6 Å². The number of nitrogens with one attached hydrogen (secondary N) is 1. The zero-order valence-electron chi connectivity index (χ0n) is 13.9. The molecule has 1 heterocycles. The van der Waals surface area contributed by atoms with Gasteiger partial charge in [-0.25, -0.2) is 4.98 Å². The van der Waals surface area contributed by atoms with Crippen LogP contribution in [0.4, 0.5) is 0 Å². The molecule has 5 heteroatoms. The summed E-state index contributed by atoms with van der Waals surface area (Å²) in [5.41, 5.74) is 3.14. The number of carbonyl (C=O) groups excluding carboxylic acids is 1. The van der Waals surface area contributed by atoms with Crippen LogP contribution in [0.1, 0.15) is 23.6 Å². The summed E-state index contributed by atoms with van der Waals surface area (Å²) in [6, 6.07) is 18.0. The first-order chi connectivity index (χ1) is 11.6. The van der Waals surface area contributed by atoms with Crippen LogP contribution in [0.2, 0.25) is 0 Å². The van der Waals surface area contributed by atoms with Gasteiger partial charge < -0.3 is 9.88 Å². The molecule has 0 spiro atoms. The summed E-state index contributed by atoms with van der Waals surface area (Å²) < 4.78 is 0. The quantitative estimate of drug-likeness (QED) is 0.738. The van der Waals surface area contributed by atoms with Crippen molar-refractivity contribution in [2.24, 2.45) is 0 Å². The van der Waals surface area contributed by atoms with E-state index in [1.807, 2.05) is 61.6 Å². The fraction of sp³-hybridized carbons (Fsp3) is 0.263. The molecule has 3 rings (SSSR count). The van der Waals surface area contributed by atoms with Gasteiger partial charge in [0.1, 0.15) is 5.82 Å². The Bertz CT molecular complexity index is 783. The zero-order valence-corrected chi connectivity index (χ0v) is 14.7. The van der Waals surface area contributed by atoms with Crippen LogP contribution in [0.3, 0.4) is 0 Å². The Labute approximate surface area is 146 Å². The summed E-state index contributed by atoms with van der Waals surface area (Å²) in [6.45, 7) is 2.71. The Balaban J connectivity index is 1.55. The summed E-state index contributed by atoms with van der Waals surface area (Å²) in [5.74, 6) is 1.49. The molecule has 0 radical (unpaired) electrons. The molecule has 1 amide bonds. The lowest BCUT2D eigenvalue weighted by Crippen LogP contribution is -2.28. The fourth-order valence-electron chi connectivity index (χ4n) is 2.50. The maximum atomic E-state index is 12.3. The lowest BCUT2D eigenvalue weighted by molar-refractivity contribution is -0.127. The average molecular weight is 339 g/mol. The van der Waals surface area contributed by atoms with Crippen LogP contribution in [0.25, 0.3) is 11.0 Å². The maximum Gasteiger partial charge on any atom is 0.232 e. The molecule has 1 N–H and O–H groups in total. The first kappa shape index (κ1) is 16.6. The van der Waals surface area contributed by atoms with Gasteiger partial charge >= 0.3 is 0 Å². The third-order valence-corrected chi connectivity index (χ3v) is 5.07. The summed E-state index contributed by atoms with van der Waals surface area (Å²) in [7, 11) is 1.85. The molecule has 0 fully saturated rings. The molecule has 0 saturated carbocycles. The highest BCUT2D eigenvalue weighted by Crippen LogP contribution is 2.27. The van der Waals surface area contributed by atoms with Crippen LogP contribution < -0.4 is 0 Å². The molecule has 1 unspecified atom stereocenters. The van der Waals surface area contributed by atoms with Crippen molar-refractivity contribution in [2.45, 2.75) is 18.7 Å². The Morgan fingerprint density at radius 3 is 2.62 bits per heavy atom. The number of hydrogen-bond donors (Lipinski definition) is 1. The zero-order chi connectivity index (χ0) is 16.9. The van der Waals surface area contributed by atoms with Crippen molar-refractivity contribution in [3.8, 4) is 0 Å². The van der Waals surface area contributed by atoms with Crippen molar-refractivity contribution in [2.75, 3.05) is 12.8 Å². The predicted molar refractivity (Wildman–Crippen MR) is 99.9 cm³/mol. The number of benzene rings is 2. The van der Waals surface area contributed by atoms with E-state index in [1.165, 1.54) is 0 Å². The second-order valence-corrected chi connectivity index (χ2v) is 7.16. The fourth-order valence-corrected chi connectivity index (χ4v) is 3.38. The highest BCUT2D eigenvalue weighted by molar-refractivity contribution is 8.00. The van der Waals surface area contributed by atoms with Crippen LogP contribution in [0.5, 0.6) is 0 Å². The van der Waals surface area contributed by atoms with E-state index in [-0.39, 0.29) is 11.2 Å². The Morgan fingerprint density at radius 1 is 1.17 bits per heavy atom. The van der Waals surface area contributed by atoms with Crippen LogP contribution in [0.15, 0.2) is 54.6 Å². The third-order valence-electron chi connectivity index (χ3n) is 3.94. The Kier molecular flexibility index (Phi) is 5.20. The molecule has 0 aliphatic heterocycles. The molecule has 1 aromatic heterocycles. The van der Waals surface area contributed by atoms with Gasteiger partial charge in [0, 0.05) is 13.6 Å². The van der Waals surface area contributed by atoms with Gasteiger partial charge in [-0.1, -0.05) is 42.5 Å². The second kappa shape index (κ2) is 7.53. The van der Waals surface area contributed by atoms with E-state index in [1.54, 1.807) is 16.7 Å². The number of rotatable bonds is 6. The number of aromatic nitrogens is 2. The summed E-state index contributed by atoms with van der Waals surface area (Å²) in [6.07, 6.45) is 0. The normalized spacial score (nSPS) is 12.2. The molecule has 124 valence electrons. The third kappa shape index (κ3) is 3.97. The maximum absolute atomic E-state index is 12.3. The van der Waals surface area contributed by atoms with E-state index in [0.717, 1.165) is 22.4 Å². The number of hydrogen-bond acceptors (Lipinski definition) is 3. The van der Waals surface area contributed by atoms with Crippen molar-refractivity contribution in [1.29, 1.82) is 0 Å². The van der Waals surface area contributed by atoms with Crippen molar-refractivity contribution in [1.82, 2.24) is 14.9 Å². The minimum absolute atomic E-state index is 0.131. The molecular weight excluding hydrogens is 318 g/mol. The van der Waals surface area contributed by atoms with Crippen LogP contribution in [-0.2, 0) is 11.3 Å². The van der Waals surface area contributed by atoms with Crippen molar-refractivity contribution in [3.63, 3.8) is 0 Å². The van der Waals surface area contributed by atoms with E-state index in [9.17, 15) is 4.79 Å². The van der Waals surface area contributed by atoms with Crippen molar-refractivity contribution < 1.29 is 4.79 Å². The van der Waals surface area contributed by atoms with E-state index >= 15 is 0 Å². The number of H-pyrrole nitrogens is 1.